The predicted molar refractivity (Wildman–Crippen MR) is 89.6 cm³/mol. The lowest BCUT2D eigenvalue weighted by Crippen LogP contribution is -2.42. The molecule has 1 aliphatic carbocycles. The highest BCUT2D eigenvalue weighted by atomic mass is 16.2. The van der Waals surface area contributed by atoms with Crippen LogP contribution in [0.2, 0.25) is 0 Å². The molecule has 2 aliphatic rings. The van der Waals surface area contributed by atoms with Crippen LogP contribution in [-0.2, 0) is 7.05 Å². The molecule has 23 heavy (non-hydrogen) atoms. The smallest absolute Gasteiger partial charge is 0.254 e. The molecule has 0 bridgehead atoms. The Balaban J connectivity index is 1.85. The molecule has 0 N–H and O–H groups in total. The standard InChI is InChI=1S/C18H24N4O/c1-11-6-4-5-9-22(11)18(23)14-10-15(13-7-8-13)19-17-16(14)12(2)20-21(17)3/h10-11,13H,4-9H2,1-3H3/t11-/m1/s1. The van der Waals surface area contributed by atoms with Crippen LogP contribution in [0.4, 0.5) is 0 Å². The van der Waals surface area contributed by atoms with Crippen molar-refractivity contribution in [2.24, 2.45) is 7.05 Å². The van der Waals surface area contributed by atoms with E-state index < -0.39 is 0 Å². The van der Waals surface area contributed by atoms with Crippen molar-refractivity contribution in [1.29, 1.82) is 0 Å². The molecule has 122 valence electrons. The van der Waals surface area contributed by atoms with Crippen LogP contribution >= 0.6 is 0 Å². The van der Waals surface area contributed by atoms with Crippen molar-refractivity contribution >= 4 is 16.9 Å². The molecule has 5 nitrogen and oxygen atoms in total. The summed E-state index contributed by atoms with van der Waals surface area (Å²) in [7, 11) is 1.91. The number of fused-ring (bicyclic) bond motifs is 1. The zero-order valence-electron chi connectivity index (χ0n) is 14.2. The maximum absolute atomic E-state index is 13.2. The Labute approximate surface area is 136 Å². The molecular formula is C18H24N4O. The normalized spacial score (nSPS) is 21.9. The lowest BCUT2D eigenvalue weighted by atomic mass is 10.0. The van der Waals surface area contributed by atoms with Crippen molar-refractivity contribution in [2.45, 2.75) is 57.9 Å². The number of nitrogens with zero attached hydrogens (tertiary/aromatic N) is 4. The van der Waals surface area contributed by atoms with Gasteiger partial charge in [0.25, 0.3) is 5.91 Å². The highest BCUT2D eigenvalue weighted by Crippen LogP contribution is 2.40. The number of amides is 1. The zero-order chi connectivity index (χ0) is 16.1. The number of carbonyl (C=O) groups is 1. The molecule has 2 fully saturated rings. The third kappa shape index (κ3) is 2.42. The molecule has 0 aromatic carbocycles. The quantitative estimate of drug-likeness (QED) is 0.856. The molecule has 1 aliphatic heterocycles. The second-order valence-corrected chi connectivity index (χ2v) is 7.12. The first-order chi connectivity index (χ1) is 11.1. The van der Waals surface area contributed by atoms with Gasteiger partial charge in [-0.15, -0.1) is 0 Å². The van der Waals surface area contributed by atoms with Gasteiger partial charge in [0.2, 0.25) is 0 Å². The Morgan fingerprint density at radius 2 is 2.04 bits per heavy atom. The number of aromatic nitrogens is 3. The van der Waals surface area contributed by atoms with Crippen LogP contribution in [-0.4, -0.2) is 38.2 Å². The van der Waals surface area contributed by atoms with Crippen LogP contribution in [0.1, 0.15) is 66.7 Å². The Kier molecular flexibility index (Phi) is 3.39. The summed E-state index contributed by atoms with van der Waals surface area (Å²) in [5.41, 5.74) is 3.61. The maximum atomic E-state index is 13.2. The van der Waals surface area contributed by atoms with E-state index in [0.29, 0.717) is 12.0 Å². The second-order valence-electron chi connectivity index (χ2n) is 7.12. The fraction of sp³-hybridized carbons (Fsp3) is 0.611. The van der Waals surface area contributed by atoms with Crippen LogP contribution in [0.5, 0.6) is 0 Å². The number of piperidine rings is 1. The number of aryl methyl sites for hydroxylation is 2. The van der Waals surface area contributed by atoms with Gasteiger partial charge in [-0.1, -0.05) is 0 Å². The summed E-state index contributed by atoms with van der Waals surface area (Å²) in [4.78, 5) is 20.1. The van der Waals surface area contributed by atoms with Gasteiger partial charge >= 0.3 is 0 Å². The van der Waals surface area contributed by atoms with Gasteiger partial charge in [0.1, 0.15) is 0 Å². The largest absolute Gasteiger partial charge is 0.336 e. The Morgan fingerprint density at radius 3 is 2.74 bits per heavy atom. The number of rotatable bonds is 2. The predicted octanol–water partition coefficient (Wildman–Crippen LogP) is 3.17. The first-order valence-electron chi connectivity index (χ1n) is 8.71. The highest BCUT2D eigenvalue weighted by Gasteiger charge is 2.31. The van der Waals surface area contributed by atoms with Gasteiger partial charge < -0.3 is 4.90 Å². The van der Waals surface area contributed by atoms with E-state index in [4.69, 9.17) is 4.98 Å². The zero-order valence-corrected chi connectivity index (χ0v) is 14.2. The van der Waals surface area contributed by atoms with Gasteiger partial charge in [-0.3, -0.25) is 9.48 Å². The number of hydrogen-bond acceptors (Lipinski definition) is 3. The van der Waals surface area contributed by atoms with Crippen LogP contribution < -0.4 is 0 Å². The third-order valence-corrected chi connectivity index (χ3v) is 5.28. The molecule has 0 radical (unpaired) electrons. The van der Waals surface area contributed by atoms with Crippen molar-refractivity contribution in [3.8, 4) is 0 Å². The molecule has 5 heteroatoms. The van der Waals surface area contributed by atoms with Crippen LogP contribution in [0.15, 0.2) is 6.07 Å². The molecule has 0 spiro atoms. The summed E-state index contributed by atoms with van der Waals surface area (Å²) in [6, 6.07) is 2.36. The molecule has 1 amide bonds. The summed E-state index contributed by atoms with van der Waals surface area (Å²) in [6.45, 7) is 4.99. The molecule has 0 unspecified atom stereocenters. The third-order valence-electron chi connectivity index (χ3n) is 5.28. The number of hydrogen-bond donors (Lipinski definition) is 0. The molecule has 1 saturated heterocycles. The Hall–Kier alpha value is -1.91. The lowest BCUT2D eigenvalue weighted by Gasteiger charge is -2.33. The second kappa shape index (κ2) is 5.32. The van der Waals surface area contributed by atoms with E-state index in [1.165, 1.54) is 19.3 Å². The fourth-order valence-corrected chi connectivity index (χ4v) is 3.78. The first kappa shape index (κ1) is 14.7. The fourth-order valence-electron chi connectivity index (χ4n) is 3.78. The van der Waals surface area contributed by atoms with Gasteiger partial charge in [0.05, 0.1) is 16.6 Å². The summed E-state index contributed by atoms with van der Waals surface area (Å²) >= 11 is 0. The Bertz CT molecular complexity index is 775. The van der Waals surface area contributed by atoms with Gasteiger partial charge in [0, 0.05) is 31.2 Å². The number of carbonyl (C=O) groups excluding carboxylic acids is 1. The van der Waals surface area contributed by atoms with Gasteiger partial charge in [-0.2, -0.15) is 5.10 Å². The minimum atomic E-state index is 0.155. The van der Waals surface area contributed by atoms with Gasteiger partial charge in [-0.05, 0) is 52.0 Å². The first-order valence-corrected chi connectivity index (χ1v) is 8.71. The highest BCUT2D eigenvalue weighted by molar-refractivity contribution is 6.06. The van der Waals surface area contributed by atoms with Crippen molar-refractivity contribution in [1.82, 2.24) is 19.7 Å². The van der Waals surface area contributed by atoms with Crippen molar-refractivity contribution in [2.75, 3.05) is 6.54 Å². The molecule has 1 atom stereocenters. The summed E-state index contributed by atoms with van der Waals surface area (Å²) in [5.74, 6) is 0.683. The molecule has 2 aromatic rings. The van der Waals surface area contributed by atoms with E-state index in [-0.39, 0.29) is 5.91 Å². The topological polar surface area (TPSA) is 51.0 Å². The van der Waals surface area contributed by atoms with Crippen molar-refractivity contribution in [3.63, 3.8) is 0 Å². The number of likely N-dealkylation sites (tertiary alicyclic amines) is 1. The van der Waals surface area contributed by atoms with E-state index in [1.807, 2.05) is 29.6 Å². The monoisotopic (exact) mass is 312 g/mol. The van der Waals surface area contributed by atoms with Gasteiger partial charge in [0.15, 0.2) is 5.65 Å². The minimum absolute atomic E-state index is 0.155. The minimum Gasteiger partial charge on any atom is -0.336 e. The van der Waals surface area contributed by atoms with E-state index in [2.05, 4.69) is 12.0 Å². The lowest BCUT2D eigenvalue weighted by molar-refractivity contribution is 0.0637. The molecule has 1 saturated carbocycles. The van der Waals surface area contributed by atoms with E-state index >= 15 is 0 Å². The summed E-state index contributed by atoms with van der Waals surface area (Å²) in [6.07, 6.45) is 5.79. The average molecular weight is 312 g/mol. The average Bonchev–Trinajstić information content (AvgIpc) is 3.34. The van der Waals surface area contributed by atoms with Crippen LogP contribution in [0, 0.1) is 6.92 Å². The van der Waals surface area contributed by atoms with Gasteiger partial charge in [-0.25, -0.2) is 4.98 Å². The number of pyridine rings is 1. The molecule has 2 aromatic heterocycles. The molecular weight excluding hydrogens is 288 g/mol. The summed E-state index contributed by atoms with van der Waals surface area (Å²) < 4.78 is 1.81. The van der Waals surface area contributed by atoms with E-state index in [1.54, 1.807) is 0 Å². The van der Waals surface area contributed by atoms with E-state index in [0.717, 1.165) is 47.4 Å². The molecule has 3 heterocycles. The Morgan fingerprint density at radius 1 is 1.26 bits per heavy atom. The maximum Gasteiger partial charge on any atom is 0.254 e. The van der Waals surface area contributed by atoms with Crippen LogP contribution in [0.25, 0.3) is 11.0 Å². The van der Waals surface area contributed by atoms with Crippen molar-refractivity contribution in [3.05, 3.63) is 23.0 Å². The summed E-state index contributed by atoms with van der Waals surface area (Å²) in [5, 5.41) is 5.43. The van der Waals surface area contributed by atoms with Crippen molar-refractivity contribution < 1.29 is 4.79 Å². The molecule has 4 rings (SSSR count). The van der Waals surface area contributed by atoms with Crippen LogP contribution in [0.3, 0.4) is 0 Å². The van der Waals surface area contributed by atoms with E-state index in [9.17, 15) is 4.79 Å². The SMILES string of the molecule is Cc1nn(C)c2nc(C3CC3)cc(C(=O)N3CCCC[C@H]3C)c12.